The largest absolute Gasteiger partial charge is 0.454 e. The minimum atomic E-state index is -0.899. The van der Waals surface area contributed by atoms with Crippen molar-refractivity contribution in [2.45, 2.75) is 32.0 Å². The fraction of sp³-hybridized carbons (Fsp3) is 0.333. The van der Waals surface area contributed by atoms with Gasteiger partial charge < -0.3 is 29.3 Å². The van der Waals surface area contributed by atoms with Crippen molar-refractivity contribution in [1.29, 1.82) is 0 Å². The zero-order chi connectivity index (χ0) is 26.5. The first-order valence-electron chi connectivity index (χ1n) is 12.3. The molecule has 2 aliphatic heterocycles. The molecule has 0 saturated carbocycles. The lowest BCUT2D eigenvalue weighted by Crippen LogP contribution is -2.46. The summed E-state index contributed by atoms with van der Waals surface area (Å²) in [6, 6.07) is 11.6. The summed E-state index contributed by atoms with van der Waals surface area (Å²) in [5.74, 6) is -0.670. The Balaban J connectivity index is 1.34. The van der Waals surface area contributed by atoms with Crippen molar-refractivity contribution in [3.8, 4) is 11.5 Å². The zero-order valence-corrected chi connectivity index (χ0v) is 21.3. The van der Waals surface area contributed by atoms with Gasteiger partial charge in [-0.05, 0) is 54.1 Å². The Labute approximate surface area is 222 Å². The van der Waals surface area contributed by atoms with Gasteiger partial charge in [-0.1, -0.05) is 12.1 Å². The number of nitrogens with one attached hydrogen (secondary N) is 1. The molecule has 5 rings (SSSR count). The van der Waals surface area contributed by atoms with Crippen molar-refractivity contribution in [2.75, 3.05) is 31.8 Å². The molecule has 1 atom stereocenters. The fourth-order valence-corrected chi connectivity index (χ4v) is 5.10. The Morgan fingerprint density at radius 1 is 1.03 bits per heavy atom. The molecule has 0 spiro atoms. The molecule has 200 valence electrons. The topological polar surface area (TPSA) is 80.3 Å². The number of carbonyl (C=O) groups excluding carboxylic acids is 2. The van der Waals surface area contributed by atoms with Crippen molar-refractivity contribution >= 4 is 29.0 Å². The van der Waals surface area contributed by atoms with Gasteiger partial charge in [0, 0.05) is 30.6 Å². The molecule has 3 amide bonds. The molecule has 1 fully saturated rings. The van der Waals surface area contributed by atoms with E-state index in [-0.39, 0.29) is 44.1 Å². The number of rotatable bonds is 9. The van der Waals surface area contributed by atoms with Crippen molar-refractivity contribution < 1.29 is 32.6 Å². The molecule has 38 heavy (non-hydrogen) atoms. The van der Waals surface area contributed by atoms with E-state index in [1.807, 2.05) is 29.6 Å². The summed E-state index contributed by atoms with van der Waals surface area (Å²) in [5, 5.41) is 4.41. The van der Waals surface area contributed by atoms with Crippen LogP contribution in [0.2, 0.25) is 0 Å². The average molecular weight is 544 g/mol. The highest BCUT2D eigenvalue weighted by Crippen LogP contribution is 2.33. The first-order valence-corrected chi connectivity index (χ1v) is 13.1. The third kappa shape index (κ3) is 6.40. The van der Waals surface area contributed by atoms with Crippen molar-refractivity contribution in [3.63, 3.8) is 0 Å². The average Bonchev–Trinajstić information content (AvgIpc) is 3.68. The van der Waals surface area contributed by atoms with E-state index >= 15 is 0 Å². The van der Waals surface area contributed by atoms with Gasteiger partial charge in [-0.25, -0.2) is 13.6 Å². The quantitative estimate of drug-likeness (QED) is 0.411. The lowest BCUT2D eigenvalue weighted by atomic mass is 10.1. The molecule has 1 saturated heterocycles. The van der Waals surface area contributed by atoms with E-state index in [0.29, 0.717) is 30.7 Å². The van der Waals surface area contributed by atoms with E-state index in [1.165, 1.54) is 16.2 Å². The molecule has 3 heterocycles. The molecule has 1 unspecified atom stereocenters. The number of hydrogen-bond donors (Lipinski definition) is 1. The normalized spacial score (nSPS) is 15.9. The monoisotopic (exact) mass is 543 g/mol. The molecule has 0 aliphatic carbocycles. The number of nitrogens with zero attached hydrogens (tertiary/aromatic N) is 2. The highest BCUT2D eigenvalue weighted by Gasteiger charge is 2.27. The smallest absolute Gasteiger partial charge is 0.322 e. The number of thiophene rings is 1. The maximum absolute atomic E-state index is 14.2. The van der Waals surface area contributed by atoms with Gasteiger partial charge in [0.25, 0.3) is 0 Å². The second-order valence-corrected chi connectivity index (χ2v) is 10.1. The summed E-state index contributed by atoms with van der Waals surface area (Å²) in [6.07, 6.45) is 1.38. The lowest BCUT2D eigenvalue weighted by molar-refractivity contribution is -0.133. The highest BCUT2D eigenvalue weighted by molar-refractivity contribution is 7.09. The van der Waals surface area contributed by atoms with Gasteiger partial charge in [0.2, 0.25) is 12.7 Å². The van der Waals surface area contributed by atoms with Gasteiger partial charge in [0.15, 0.2) is 11.5 Å². The van der Waals surface area contributed by atoms with Crippen LogP contribution in [0.25, 0.3) is 0 Å². The van der Waals surface area contributed by atoms with Crippen LogP contribution in [0.5, 0.6) is 11.5 Å². The van der Waals surface area contributed by atoms with E-state index in [1.54, 1.807) is 11.0 Å². The van der Waals surface area contributed by atoms with Crippen LogP contribution in [0, 0.1) is 11.6 Å². The Morgan fingerprint density at radius 3 is 2.66 bits per heavy atom. The molecule has 0 bridgehead atoms. The van der Waals surface area contributed by atoms with Gasteiger partial charge >= 0.3 is 6.03 Å². The predicted molar refractivity (Wildman–Crippen MR) is 137 cm³/mol. The third-order valence-corrected chi connectivity index (χ3v) is 7.19. The van der Waals surface area contributed by atoms with E-state index < -0.39 is 17.7 Å². The van der Waals surface area contributed by atoms with Crippen LogP contribution in [0.15, 0.2) is 53.9 Å². The van der Waals surface area contributed by atoms with Crippen LogP contribution in [0.3, 0.4) is 0 Å². The summed E-state index contributed by atoms with van der Waals surface area (Å²) < 4.78 is 44.1. The first kappa shape index (κ1) is 25.9. The minimum Gasteiger partial charge on any atom is -0.454 e. The number of amides is 3. The SMILES string of the molecule is O=C(CN(CC1CCCO1)C(=O)Nc1ccc(F)cc1F)N(Cc1ccc2c(c1)OCO2)Cc1cccs1. The van der Waals surface area contributed by atoms with Crippen molar-refractivity contribution in [1.82, 2.24) is 9.80 Å². The second kappa shape index (κ2) is 11.8. The molecular weight excluding hydrogens is 516 g/mol. The minimum absolute atomic E-state index is 0.151. The number of hydrogen-bond acceptors (Lipinski definition) is 6. The number of carbonyl (C=O) groups is 2. The van der Waals surface area contributed by atoms with Crippen LogP contribution in [0.1, 0.15) is 23.3 Å². The third-order valence-electron chi connectivity index (χ3n) is 6.32. The number of ether oxygens (including phenoxy) is 3. The number of anilines is 1. The number of halogens is 2. The summed E-state index contributed by atoms with van der Waals surface area (Å²) >= 11 is 1.53. The molecule has 2 aliphatic rings. The fourth-order valence-electron chi connectivity index (χ4n) is 4.38. The molecule has 2 aromatic carbocycles. The van der Waals surface area contributed by atoms with Gasteiger partial charge in [-0.2, -0.15) is 0 Å². The summed E-state index contributed by atoms with van der Waals surface area (Å²) in [5.41, 5.74) is 0.680. The number of urea groups is 1. The van der Waals surface area contributed by atoms with E-state index in [2.05, 4.69) is 5.32 Å². The standard InChI is InChI=1S/C27H27F2N3O5S/c28-19-6-7-23(22(29)12-19)30-27(34)32(14-20-3-1-9-35-20)16-26(33)31(15-21-4-2-10-38-21)13-18-5-8-24-25(11-18)37-17-36-24/h2,4-8,10-12,20H,1,3,9,13-17H2,(H,30,34). The van der Waals surface area contributed by atoms with Crippen molar-refractivity contribution in [3.05, 3.63) is 76.0 Å². The van der Waals surface area contributed by atoms with Crippen LogP contribution in [-0.2, 0) is 22.6 Å². The highest BCUT2D eigenvalue weighted by atomic mass is 32.1. The molecule has 11 heteroatoms. The molecule has 3 aromatic rings. The van der Waals surface area contributed by atoms with Crippen LogP contribution in [-0.4, -0.2) is 54.3 Å². The second-order valence-electron chi connectivity index (χ2n) is 9.09. The Kier molecular flexibility index (Phi) is 8.04. The van der Waals surface area contributed by atoms with E-state index in [9.17, 15) is 18.4 Å². The molecule has 0 radical (unpaired) electrons. The maximum atomic E-state index is 14.2. The summed E-state index contributed by atoms with van der Waals surface area (Å²) in [7, 11) is 0. The van der Waals surface area contributed by atoms with Gasteiger partial charge in [0.1, 0.15) is 18.2 Å². The predicted octanol–water partition coefficient (Wildman–Crippen LogP) is 5.00. The van der Waals surface area contributed by atoms with Crippen LogP contribution < -0.4 is 14.8 Å². The number of fused-ring (bicyclic) bond motifs is 1. The van der Waals surface area contributed by atoms with Gasteiger partial charge in [0.05, 0.1) is 18.3 Å². The van der Waals surface area contributed by atoms with E-state index in [4.69, 9.17) is 14.2 Å². The lowest BCUT2D eigenvalue weighted by Gasteiger charge is -2.29. The summed E-state index contributed by atoms with van der Waals surface area (Å²) in [6.45, 7) is 1.29. The van der Waals surface area contributed by atoms with Gasteiger partial charge in [-0.3, -0.25) is 4.79 Å². The Hall–Kier alpha value is -3.70. The molecule has 8 nitrogen and oxygen atoms in total. The van der Waals surface area contributed by atoms with Crippen molar-refractivity contribution in [2.24, 2.45) is 0 Å². The van der Waals surface area contributed by atoms with Crippen LogP contribution >= 0.6 is 11.3 Å². The molecule has 1 aromatic heterocycles. The maximum Gasteiger partial charge on any atom is 0.322 e. The van der Waals surface area contributed by atoms with E-state index in [0.717, 1.165) is 35.4 Å². The Bertz CT molecular complexity index is 1280. The van der Waals surface area contributed by atoms with Gasteiger partial charge in [-0.15, -0.1) is 11.3 Å². The van der Waals surface area contributed by atoms with Crippen LogP contribution in [0.4, 0.5) is 19.3 Å². The number of benzene rings is 2. The molecular formula is C27H27F2N3O5S. The summed E-state index contributed by atoms with van der Waals surface area (Å²) in [4.78, 5) is 30.8. The zero-order valence-electron chi connectivity index (χ0n) is 20.5. The molecule has 1 N–H and O–H groups in total. The Morgan fingerprint density at radius 2 is 1.89 bits per heavy atom. The first-order chi connectivity index (χ1) is 18.4.